The monoisotopic (exact) mass is 413 g/mol. The maximum Gasteiger partial charge on any atom is 0.318 e. The minimum Gasteiger partial charge on any atom is -0.339 e. The zero-order chi connectivity index (χ0) is 20.6. The fourth-order valence-corrected chi connectivity index (χ4v) is 3.71. The van der Waals surface area contributed by atoms with Crippen LogP contribution in [0.4, 0.5) is 4.79 Å². The van der Waals surface area contributed by atoms with Crippen LogP contribution in [0, 0.1) is 0 Å². The van der Waals surface area contributed by atoms with Crippen molar-refractivity contribution in [2.45, 2.75) is 32.2 Å². The van der Waals surface area contributed by atoms with Crippen molar-refractivity contribution in [3.63, 3.8) is 0 Å². The molecule has 0 spiro atoms. The summed E-state index contributed by atoms with van der Waals surface area (Å²) >= 11 is 5.90. The number of amides is 3. The Balaban J connectivity index is 1.50. The second-order valence-electron chi connectivity index (χ2n) is 7.37. The van der Waals surface area contributed by atoms with Crippen LogP contribution >= 0.6 is 11.6 Å². The van der Waals surface area contributed by atoms with Gasteiger partial charge in [0.1, 0.15) is 0 Å². The van der Waals surface area contributed by atoms with Crippen molar-refractivity contribution in [1.29, 1.82) is 0 Å². The molecule has 154 valence electrons. The molecule has 29 heavy (non-hydrogen) atoms. The molecule has 1 aliphatic heterocycles. The molecule has 3 rings (SSSR count). The van der Waals surface area contributed by atoms with Crippen LogP contribution in [0.25, 0.3) is 0 Å². The standard InChI is InChI=1S/C23H28ClN3O2/c1-2-6-21(19-7-4-3-5-8-19)25-23(29)27-15-13-26(14-16-27)22(28)17-18-9-11-20(24)12-10-18/h3-5,7-12,21H,2,6,13-17H2,1H3,(H,25,29). The molecule has 2 aromatic rings. The van der Waals surface area contributed by atoms with E-state index in [1.165, 1.54) is 0 Å². The number of hydrogen-bond acceptors (Lipinski definition) is 2. The highest BCUT2D eigenvalue weighted by molar-refractivity contribution is 6.30. The summed E-state index contributed by atoms with van der Waals surface area (Å²) in [7, 11) is 0. The summed E-state index contributed by atoms with van der Waals surface area (Å²) in [4.78, 5) is 28.9. The molecule has 3 amide bonds. The van der Waals surface area contributed by atoms with Crippen molar-refractivity contribution >= 4 is 23.5 Å². The summed E-state index contributed by atoms with van der Waals surface area (Å²) in [6, 6.07) is 17.4. The normalized spacial score (nSPS) is 15.1. The van der Waals surface area contributed by atoms with Gasteiger partial charge in [0.2, 0.25) is 5.91 Å². The number of halogens is 1. The number of piperazine rings is 1. The first-order valence-corrected chi connectivity index (χ1v) is 10.6. The van der Waals surface area contributed by atoms with Crippen molar-refractivity contribution in [2.75, 3.05) is 26.2 Å². The minimum absolute atomic E-state index is 0.0123. The Morgan fingerprint density at radius 2 is 1.59 bits per heavy atom. The van der Waals surface area contributed by atoms with E-state index in [9.17, 15) is 9.59 Å². The average Bonchev–Trinajstić information content (AvgIpc) is 2.75. The number of rotatable bonds is 6. The Hall–Kier alpha value is -2.53. The number of carbonyl (C=O) groups is 2. The lowest BCUT2D eigenvalue weighted by Crippen LogP contribution is -2.53. The molecular weight excluding hydrogens is 386 g/mol. The maximum absolute atomic E-state index is 12.8. The van der Waals surface area contributed by atoms with Crippen molar-refractivity contribution in [1.82, 2.24) is 15.1 Å². The van der Waals surface area contributed by atoms with Crippen molar-refractivity contribution in [3.05, 3.63) is 70.7 Å². The molecular formula is C23H28ClN3O2. The highest BCUT2D eigenvalue weighted by atomic mass is 35.5. The maximum atomic E-state index is 12.8. The van der Waals surface area contributed by atoms with Crippen LogP contribution in [0.1, 0.15) is 36.9 Å². The Morgan fingerprint density at radius 3 is 2.21 bits per heavy atom. The average molecular weight is 414 g/mol. The van der Waals surface area contributed by atoms with Gasteiger partial charge in [-0.2, -0.15) is 0 Å². The van der Waals surface area contributed by atoms with Crippen LogP contribution in [0.15, 0.2) is 54.6 Å². The molecule has 0 saturated carbocycles. The predicted octanol–water partition coefficient (Wildman–Crippen LogP) is 4.28. The van der Waals surface area contributed by atoms with Gasteiger partial charge in [-0.15, -0.1) is 0 Å². The molecule has 0 bridgehead atoms. The van der Waals surface area contributed by atoms with Crippen LogP contribution in [-0.4, -0.2) is 47.9 Å². The van der Waals surface area contributed by atoms with Gasteiger partial charge >= 0.3 is 6.03 Å². The quantitative estimate of drug-likeness (QED) is 0.768. The van der Waals surface area contributed by atoms with Crippen LogP contribution in [0.2, 0.25) is 5.02 Å². The highest BCUT2D eigenvalue weighted by Gasteiger charge is 2.25. The van der Waals surface area contributed by atoms with Crippen molar-refractivity contribution < 1.29 is 9.59 Å². The Bertz CT molecular complexity index is 803. The molecule has 6 heteroatoms. The number of carbonyl (C=O) groups excluding carboxylic acids is 2. The molecule has 1 unspecified atom stereocenters. The van der Waals surface area contributed by atoms with E-state index in [-0.39, 0.29) is 18.0 Å². The van der Waals surface area contributed by atoms with Crippen molar-refractivity contribution in [2.24, 2.45) is 0 Å². The molecule has 0 aromatic heterocycles. The molecule has 0 radical (unpaired) electrons. The smallest absolute Gasteiger partial charge is 0.318 e. The Kier molecular flexibility index (Phi) is 7.53. The first-order chi connectivity index (χ1) is 14.1. The van der Waals surface area contributed by atoms with Gasteiger partial charge in [0.05, 0.1) is 12.5 Å². The Labute approximate surface area is 177 Å². The molecule has 1 atom stereocenters. The summed E-state index contributed by atoms with van der Waals surface area (Å²) in [5.74, 6) is 0.0838. The highest BCUT2D eigenvalue weighted by Crippen LogP contribution is 2.19. The lowest BCUT2D eigenvalue weighted by atomic mass is 10.0. The fourth-order valence-electron chi connectivity index (χ4n) is 3.58. The summed E-state index contributed by atoms with van der Waals surface area (Å²) < 4.78 is 0. The van der Waals surface area contributed by atoms with Gasteiger partial charge in [-0.05, 0) is 29.7 Å². The van der Waals surface area contributed by atoms with Gasteiger partial charge in [0.25, 0.3) is 0 Å². The SMILES string of the molecule is CCCC(NC(=O)N1CCN(C(=O)Cc2ccc(Cl)cc2)CC1)c1ccccc1. The third kappa shape index (κ3) is 5.97. The van der Waals surface area contributed by atoms with Gasteiger partial charge in [-0.1, -0.05) is 67.4 Å². The largest absolute Gasteiger partial charge is 0.339 e. The lowest BCUT2D eigenvalue weighted by molar-refractivity contribution is -0.131. The van der Waals surface area contributed by atoms with Gasteiger partial charge < -0.3 is 15.1 Å². The summed E-state index contributed by atoms with van der Waals surface area (Å²) in [6.45, 7) is 4.33. The predicted molar refractivity (Wildman–Crippen MR) is 116 cm³/mol. The third-order valence-corrected chi connectivity index (χ3v) is 5.52. The first-order valence-electron chi connectivity index (χ1n) is 10.2. The van der Waals surface area contributed by atoms with Crippen molar-refractivity contribution in [3.8, 4) is 0 Å². The second kappa shape index (κ2) is 10.3. The number of nitrogens with zero attached hydrogens (tertiary/aromatic N) is 2. The topological polar surface area (TPSA) is 52.7 Å². The summed E-state index contributed by atoms with van der Waals surface area (Å²) in [6.07, 6.45) is 2.25. The lowest BCUT2D eigenvalue weighted by Gasteiger charge is -2.35. The van der Waals surface area contributed by atoms with E-state index >= 15 is 0 Å². The van der Waals surface area contributed by atoms with Gasteiger partial charge in [-0.25, -0.2) is 4.79 Å². The van der Waals surface area contributed by atoms with E-state index in [4.69, 9.17) is 11.6 Å². The minimum atomic E-state index is -0.0582. The summed E-state index contributed by atoms with van der Waals surface area (Å²) in [5, 5.41) is 3.83. The molecule has 0 aliphatic carbocycles. The Morgan fingerprint density at radius 1 is 0.966 bits per heavy atom. The zero-order valence-electron chi connectivity index (χ0n) is 16.8. The number of nitrogens with one attached hydrogen (secondary N) is 1. The number of benzene rings is 2. The summed E-state index contributed by atoms with van der Waals surface area (Å²) in [5.41, 5.74) is 2.07. The first kappa shape index (κ1) is 21.2. The van der Waals surface area contributed by atoms with E-state index in [0.717, 1.165) is 24.0 Å². The van der Waals surface area contributed by atoms with Crippen LogP contribution < -0.4 is 5.32 Å². The van der Waals surface area contributed by atoms with E-state index in [1.54, 1.807) is 17.0 Å². The molecule has 1 saturated heterocycles. The van der Waals surface area contributed by atoms with Gasteiger partial charge in [-0.3, -0.25) is 4.79 Å². The van der Waals surface area contributed by atoms with Gasteiger partial charge in [0, 0.05) is 31.2 Å². The molecule has 1 aliphatic rings. The molecule has 2 aromatic carbocycles. The fraction of sp³-hybridized carbons (Fsp3) is 0.391. The van der Waals surface area contributed by atoms with Crippen LogP contribution in [0.5, 0.6) is 0 Å². The zero-order valence-corrected chi connectivity index (χ0v) is 17.6. The van der Waals surface area contributed by atoms with E-state index in [1.807, 2.05) is 47.4 Å². The van der Waals surface area contributed by atoms with E-state index < -0.39 is 0 Å². The molecule has 5 nitrogen and oxygen atoms in total. The third-order valence-electron chi connectivity index (χ3n) is 5.27. The van der Waals surface area contributed by atoms with E-state index in [2.05, 4.69) is 12.2 Å². The van der Waals surface area contributed by atoms with Crippen LogP contribution in [0.3, 0.4) is 0 Å². The number of hydrogen-bond donors (Lipinski definition) is 1. The number of urea groups is 1. The van der Waals surface area contributed by atoms with Crippen LogP contribution in [-0.2, 0) is 11.2 Å². The molecule has 1 fully saturated rings. The molecule has 1 heterocycles. The van der Waals surface area contributed by atoms with Gasteiger partial charge in [0.15, 0.2) is 0 Å². The molecule has 1 N–H and O–H groups in total. The second-order valence-corrected chi connectivity index (χ2v) is 7.81. The van der Waals surface area contributed by atoms with E-state index in [0.29, 0.717) is 37.6 Å².